The van der Waals surface area contributed by atoms with E-state index in [-0.39, 0.29) is 5.41 Å². The normalized spacial score (nSPS) is 12.2. The SMILES string of the molecule is Cc1cc(C(C)(C)C)ccc1CNCCNC(C)C. The lowest BCUT2D eigenvalue weighted by molar-refractivity contribution is 0.555. The van der Waals surface area contributed by atoms with Gasteiger partial charge in [-0.1, -0.05) is 52.8 Å². The molecule has 0 fully saturated rings. The second kappa shape index (κ2) is 7.06. The Morgan fingerprint density at radius 3 is 2.32 bits per heavy atom. The van der Waals surface area contributed by atoms with Crippen LogP contribution >= 0.6 is 0 Å². The topological polar surface area (TPSA) is 24.1 Å². The quantitative estimate of drug-likeness (QED) is 0.768. The Labute approximate surface area is 119 Å². The molecule has 0 saturated carbocycles. The maximum absolute atomic E-state index is 3.49. The van der Waals surface area contributed by atoms with Crippen LogP contribution in [0.2, 0.25) is 0 Å². The minimum atomic E-state index is 0.234. The molecule has 0 aliphatic rings. The second-order valence-electron chi connectivity index (χ2n) is 6.68. The van der Waals surface area contributed by atoms with Crippen molar-refractivity contribution in [2.24, 2.45) is 0 Å². The van der Waals surface area contributed by atoms with Crippen LogP contribution in [0.25, 0.3) is 0 Å². The van der Waals surface area contributed by atoms with Gasteiger partial charge in [0.15, 0.2) is 0 Å². The van der Waals surface area contributed by atoms with E-state index in [9.17, 15) is 0 Å². The first-order valence-corrected chi connectivity index (χ1v) is 7.35. The Balaban J connectivity index is 2.47. The van der Waals surface area contributed by atoms with E-state index >= 15 is 0 Å². The minimum Gasteiger partial charge on any atom is -0.313 e. The molecule has 0 aromatic heterocycles. The predicted octanol–water partition coefficient (Wildman–Crippen LogP) is 3.38. The molecule has 0 amide bonds. The van der Waals surface area contributed by atoms with E-state index in [2.05, 4.69) is 70.4 Å². The number of benzene rings is 1. The Morgan fingerprint density at radius 2 is 1.79 bits per heavy atom. The highest BCUT2D eigenvalue weighted by Crippen LogP contribution is 2.24. The van der Waals surface area contributed by atoms with Crippen molar-refractivity contribution in [3.63, 3.8) is 0 Å². The van der Waals surface area contributed by atoms with Crippen LogP contribution in [0.5, 0.6) is 0 Å². The van der Waals surface area contributed by atoms with E-state index in [1.54, 1.807) is 0 Å². The molecule has 0 radical (unpaired) electrons. The van der Waals surface area contributed by atoms with Gasteiger partial charge in [-0.05, 0) is 29.0 Å². The van der Waals surface area contributed by atoms with Gasteiger partial charge in [-0.25, -0.2) is 0 Å². The zero-order chi connectivity index (χ0) is 14.5. The average molecular weight is 262 g/mol. The fraction of sp³-hybridized carbons (Fsp3) is 0.647. The van der Waals surface area contributed by atoms with Crippen molar-refractivity contribution in [1.82, 2.24) is 10.6 Å². The van der Waals surface area contributed by atoms with Gasteiger partial charge in [0.1, 0.15) is 0 Å². The maximum atomic E-state index is 3.49. The van der Waals surface area contributed by atoms with Crippen LogP contribution in [0.1, 0.15) is 51.3 Å². The van der Waals surface area contributed by atoms with E-state index < -0.39 is 0 Å². The fourth-order valence-electron chi connectivity index (χ4n) is 2.03. The van der Waals surface area contributed by atoms with Crippen LogP contribution in [0.3, 0.4) is 0 Å². The zero-order valence-electron chi connectivity index (χ0n) is 13.4. The Hall–Kier alpha value is -0.860. The molecule has 0 unspecified atom stereocenters. The number of hydrogen-bond donors (Lipinski definition) is 2. The molecule has 0 saturated heterocycles. The summed E-state index contributed by atoms with van der Waals surface area (Å²) in [5.74, 6) is 0. The molecule has 2 N–H and O–H groups in total. The van der Waals surface area contributed by atoms with Crippen LogP contribution < -0.4 is 10.6 Å². The number of aryl methyl sites for hydroxylation is 1. The summed E-state index contributed by atoms with van der Waals surface area (Å²) in [6.07, 6.45) is 0. The fourth-order valence-corrected chi connectivity index (χ4v) is 2.03. The second-order valence-corrected chi connectivity index (χ2v) is 6.68. The van der Waals surface area contributed by atoms with Crippen molar-refractivity contribution in [3.05, 3.63) is 34.9 Å². The molecule has 1 aromatic carbocycles. The molecular formula is C17H30N2. The lowest BCUT2D eigenvalue weighted by Gasteiger charge is -2.20. The van der Waals surface area contributed by atoms with Crippen molar-refractivity contribution in [2.45, 2.75) is 59.5 Å². The summed E-state index contributed by atoms with van der Waals surface area (Å²) in [4.78, 5) is 0. The van der Waals surface area contributed by atoms with Gasteiger partial charge < -0.3 is 10.6 Å². The molecule has 0 heterocycles. The summed E-state index contributed by atoms with van der Waals surface area (Å²) in [5.41, 5.74) is 4.43. The van der Waals surface area contributed by atoms with Crippen LogP contribution in [0.15, 0.2) is 18.2 Å². The molecule has 2 nitrogen and oxygen atoms in total. The average Bonchev–Trinajstić information content (AvgIpc) is 2.28. The number of nitrogens with one attached hydrogen (secondary N) is 2. The van der Waals surface area contributed by atoms with Crippen molar-refractivity contribution in [1.29, 1.82) is 0 Å². The summed E-state index contributed by atoms with van der Waals surface area (Å²) in [5, 5.41) is 6.91. The first-order valence-electron chi connectivity index (χ1n) is 7.35. The number of rotatable bonds is 6. The molecule has 19 heavy (non-hydrogen) atoms. The van der Waals surface area contributed by atoms with Gasteiger partial charge in [0.05, 0.1) is 0 Å². The van der Waals surface area contributed by atoms with Crippen LogP contribution in [0, 0.1) is 6.92 Å². The molecular weight excluding hydrogens is 232 g/mol. The Morgan fingerprint density at radius 1 is 1.11 bits per heavy atom. The lowest BCUT2D eigenvalue weighted by atomic mass is 9.85. The van der Waals surface area contributed by atoms with Gasteiger partial charge in [-0.3, -0.25) is 0 Å². The van der Waals surface area contributed by atoms with Crippen molar-refractivity contribution in [3.8, 4) is 0 Å². The van der Waals surface area contributed by atoms with Crippen LogP contribution in [0.4, 0.5) is 0 Å². The van der Waals surface area contributed by atoms with Gasteiger partial charge in [0, 0.05) is 25.7 Å². The summed E-state index contributed by atoms with van der Waals surface area (Å²) in [7, 11) is 0. The highest BCUT2D eigenvalue weighted by Gasteiger charge is 2.14. The molecule has 1 aromatic rings. The van der Waals surface area contributed by atoms with Gasteiger partial charge in [0.2, 0.25) is 0 Å². The summed E-state index contributed by atoms with van der Waals surface area (Å²) < 4.78 is 0. The lowest BCUT2D eigenvalue weighted by Crippen LogP contribution is -2.31. The number of hydrogen-bond acceptors (Lipinski definition) is 2. The standard InChI is InChI=1S/C17H30N2/c1-13(2)19-10-9-18-12-15-7-8-16(11-14(15)3)17(4,5)6/h7-8,11,13,18-19H,9-10,12H2,1-6H3. The Kier molecular flexibility index (Phi) is 6.02. The summed E-state index contributed by atoms with van der Waals surface area (Å²) >= 11 is 0. The zero-order valence-corrected chi connectivity index (χ0v) is 13.4. The molecule has 0 spiro atoms. The first-order chi connectivity index (χ1) is 8.80. The smallest absolute Gasteiger partial charge is 0.0208 e. The van der Waals surface area contributed by atoms with E-state index in [1.165, 1.54) is 16.7 Å². The monoisotopic (exact) mass is 262 g/mol. The highest BCUT2D eigenvalue weighted by atomic mass is 15.0. The molecule has 1 rings (SSSR count). The van der Waals surface area contributed by atoms with Crippen LogP contribution in [-0.2, 0) is 12.0 Å². The largest absolute Gasteiger partial charge is 0.313 e. The van der Waals surface area contributed by atoms with E-state index in [0.717, 1.165) is 19.6 Å². The molecule has 0 bridgehead atoms. The molecule has 2 heteroatoms. The van der Waals surface area contributed by atoms with E-state index in [4.69, 9.17) is 0 Å². The van der Waals surface area contributed by atoms with Crippen molar-refractivity contribution >= 4 is 0 Å². The molecule has 0 atom stereocenters. The van der Waals surface area contributed by atoms with Crippen LogP contribution in [-0.4, -0.2) is 19.1 Å². The third-order valence-corrected chi connectivity index (χ3v) is 3.38. The van der Waals surface area contributed by atoms with E-state index in [0.29, 0.717) is 6.04 Å². The van der Waals surface area contributed by atoms with Gasteiger partial charge in [-0.15, -0.1) is 0 Å². The predicted molar refractivity (Wildman–Crippen MR) is 84.7 cm³/mol. The third-order valence-electron chi connectivity index (χ3n) is 3.38. The molecule has 108 valence electrons. The summed E-state index contributed by atoms with van der Waals surface area (Å²) in [6.45, 7) is 16.3. The van der Waals surface area contributed by atoms with Crippen molar-refractivity contribution in [2.75, 3.05) is 13.1 Å². The molecule has 0 aliphatic carbocycles. The highest BCUT2D eigenvalue weighted by molar-refractivity contribution is 5.34. The maximum Gasteiger partial charge on any atom is 0.0208 e. The summed E-state index contributed by atoms with van der Waals surface area (Å²) in [6, 6.07) is 7.41. The van der Waals surface area contributed by atoms with Crippen molar-refractivity contribution < 1.29 is 0 Å². The molecule has 0 aliphatic heterocycles. The first kappa shape index (κ1) is 16.2. The van der Waals surface area contributed by atoms with Gasteiger partial charge >= 0.3 is 0 Å². The van der Waals surface area contributed by atoms with E-state index in [1.807, 2.05) is 0 Å². The third kappa shape index (κ3) is 5.75. The minimum absolute atomic E-state index is 0.234. The Bertz CT molecular complexity index is 389. The van der Waals surface area contributed by atoms with Gasteiger partial charge in [-0.2, -0.15) is 0 Å². The van der Waals surface area contributed by atoms with Gasteiger partial charge in [0.25, 0.3) is 0 Å².